The number of hydrogen-bond acceptors (Lipinski definition) is 3. The molecule has 0 bridgehead atoms. The van der Waals surface area contributed by atoms with Crippen molar-refractivity contribution < 1.29 is 9.53 Å². The first-order valence-corrected chi connectivity index (χ1v) is 9.05. The van der Waals surface area contributed by atoms with Gasteiger partial charge in [0.1, 0.15) is 5.75 Å². The van der Waals surface area contributed by atoms with Crippen molar-refractivity contribution in [1.29, 1.82) is 0 Å². The van der Waals surface area contributed by atoms with Crippen molar-refractivity contribution in [2.45, 2.75) is 45.6 Å². The van der Waals surface area contributed by atoms with Gasteiger partial charge in [-0.15, -0.1) is 6.58 Å². The van der Waals surface area contributed by atoms with Gasteiger partial charge in [0.2, 0.25) is 5.91 Å². The van der Waals surface area contributed by atoms with Crippen molar-refractivity contribution in [2.75, 3.05) is 7.11 Å². The van der Waals surface area contributed by atoms with Gasteiger partial charge in [0, 0.05) is 12.0 Å². The summed E-state index contributed by atoms with van der Waals surface area (Å²) in [6.07, 6.45) is 6.68. The zero-order chi connectivity index (χ0) is 18.7. The van der Waals surface area contributed by atoms with E-state index in [1.54, 1.807) is 13.2 Å². The van der Waals surface area contributed by atoms with Crippen LogP contribution in [-0.2, 0) is 11.2 Å². The summed E-state index contributed by atoms with van der Waals surface area (Å²) < 4.78 is 7.23. The van der Waals surface area contributed by atoms with E-state index in [9.17, 15) is 4.79 Å². The molecule has 0 saturated heterocycles. The second-order valence-electron chi connectivity index (χ2n) is 7.65. The molecule has 5 heteroatoms. The average Bonchev–Trinajstić information content (AvgIpc) is 3.02. The highest BCUT2D eigenvalue weighted by atomic mass is 16.5. The van der Waals surface area contributed by atoms with Crippen LogP contribution in [0, 0.1) is 5.41 Å². The maximum Gasteiger partial charge on any atom is 0.220 e. The fourth-order valence-electron chi connectivity index (χ4n) is 3.62. The molecule has 26 heavy (non-hydrogen) atoms. The highest BCUT2D eigenvalue weighted by molar-refractivity contribution is 5.76. The second kappa shape index (κ2) is 7.36. The Kier molecular flexibility index (Phi) is 5.16. The Labute approximate surface area is 155 Å². The first-order valence-electron chi connectivity index (χ1n) is 9.05. The van der Waals surface area contributed by atoms with Crippen molar-refractivity contribution in [3.05, 3.63) is 54.4 Å². The van der Waals surface area contributed by atoms with Gasteiger partial charge in [0.05, 0.1) is 30.7 Å². The maximum absolute atomic E-state index is 12.2. The van der Waals surface area contributed by atoms with Gasteiger partial charge in [0.15, 0.2) is 0 Å². The Morgan fingerprint density at radius 1 is 1.42 bits per heavy atom. The highest BCUT2D eigenvalue weighted by Crippen LogP contribution is 2.41. The van der Waals surface area contributed by atoms with E-state index in [-0.39, 0.29) is 17.4 Å². The molecule has 138 valence electrons. The standard InChI is InChI=1S/C21H27N3O2/c1-5-6-7-20(25)23-18-12-21(2,3)13-19-17(18)14-22-24(19)15-8-10-16(26-4)11-9-15/h5,8-11,14,18H,1,6-7,12-13H2,2-4H3,(H,23,25)/t18-/m0/s1. The number of methoxy groups -OCH3 is 1. The predicted molar refractivity (Wildman–Crippen MR) is 103 cm³/mol. The number of fused-ring (bicyclic) bond motifs is 1. The Bertz CT molecular complexity index is 790. The van der Waals surface area contributed by atoms with Gasteiger partial charge in [-0.25, -0.2) is 4.68 Å². The summed E-state index contributed by atoms with van der Waals surface area (Å²) >= 11 is 0. The van der Waals surface area contributed by atoms with E-state index in [1.165, 1.54) is 5.69 Å². The molecule has 1 atom stereocenters. The molecule has 0 radical (unpaired) electrons. The minimum Gasteiger partial charge on any atom is -0.497 e. The number of allylic oxidation sites excluding steroid dienone is 1. The van der Waals surface area contributed by atoms with Crippen molar-refractivity contribution in [3.63, 3.8) is 0 Å². The number of amides is 1. The monoisotopic (exact) mass is 353 g/mol. The lowest BCUT2D eigenvalue weighted by Crippen LogP contribution is -2.36. The van der Waals surface area contributed by atoms with Crippen LogP contribution in [0.5, 0.6) is 5.75 Å². The average molecular weight is 353 g/mol. The van der Waals surface area contributed by atoms with E-state index in [2.05, 4.69) is 30.8 Å². The van der Waals surface area contributed by atoms with Crippen molar-refractivity contribution in [1.82, 2.24) is 15.1 Å². The fourth-order valence-corrected chi connectivity index (χ4v) is 3.62. The number of nitrogens with one attached hydrogen (secondary N) is 1. The lowest BCUT2D eigenvalue weighted by molar-refractivity contribution is -0.122. The van der Waals surface area contributed by atoms with Crippen LogP contribution >= 0.6 is 0 Å². The van der Waals surface area contributed by atoms with Crippen LogP contribution in [0.1, 0.15) is 50.4 Å². The van der Waals surface area contributed by atoms with E-state index in [0.717, 1.165) is 29.8 Å². The summed E-state index contributed by atoms with van der Waals surface area (Å²) in [7, 11) is 1.66. The van der Waals surface area contributed by atoms with Gasteiger partial charge in [-0.3, -0.25) is 4.79 Å². The van der Waals surface area contributed by atoms with Crippen LogP contribution < -0.4 is 10.1 Å². The van der Waals surface area contributed by atoms with Crippen molar-refractivity contribution in [3.8, 4) is 11.4 Å². The minimum absolute atomic E-state index is 0.00179. The van der Waals surface area contributed by atoms with E-state index >= 15 is 0 Å². The number of benzene rings is 1. The zero-order valence-corrected chi connectivity index (χ0v) is 15.8. The number of rotatable bonds is 6. The fraction of sp³-hybridized carbons (Fsp3) is 0.429. The molecule has 0 saturated carbocycles. The Morgan fingerprint density at radius 3 is 2.81 bits per heavy atom. The van der Waals surface area contributed by atoms with E-state index in [4.69, 9.17) is 4.74 Å². The molecule has 1 aliphatic rings. The van der Waals surface area contributed by atoms with E-state index < -0.39 is 0 Å². The van der Waals surface area contributed by atoms with Crippen LogP contribution in [-0.4, -0.2) is 22.8 Å². The maximum atomic E-state index is 12.2. The summed E-state index contributed by atoms with van der Waals surface area (Å²) in [6.45, 7) is 8.17. The molecule has 1 aromatic heterocycles. The number of nitrogens with zero attached hydrogens (tertiary/aromatic N) is 2. The van der Waals surface area contributed by atoms with E-state index in [1.807, 2.05) is 35.1 Å². The van der Waals surface area contributed by atoms with Gasteiger partial charge in [0.25, 0.3) is 0 Å². The van der Waals surface area contributed by atoms with Crippen LogP contribution in [0.3, 0.4) is 0 Å². The minimum atomic E-state index is -0.00179. The number of aromatic nitrogens is 2. The lowest BCUT2D eigenvalue weighted by atomic mass is 9.74. The molecular weight excluding hydrogens is 326 g/mol. The molecule has 1 N–H and O–H groups in total. The quantitative estimate of drug-likeness (QED) is 0.799. The normalized spacial score (nSPS) is 18.0. The first kappa shape index (κ1) is 18.2. The molecule has 1 aliphatic carbocycles. The van der Waals surface area contributed by atoms with E-state index in [0.29, 0.717) is 12.8 Å². The predicted octanol–water partition coefficient (Wildman–Crippen LogP) is 3.98. The Balaban J connectivity index is 1.90. The van der Waals surface area contributed by atoms with Crippen LogP contribution in [0.15, 0.2) is 43.1 Å². The second-order valence-corrected chi connectivity index (χ2v) is 7.65. The van der Waals surface area contributed by atoms with Gasteiger partial charge >= 0.3 is 0 Å². The third-order valence-electron chi connectivity index (χ3n) is 4.91. The van der Waals surface area contributed by atoms with Gasteiger partial charge in [-0.05, 0) is 48.9 Å². The molecule has 0 aliphatic heterocycles. The number of carbonyl (C=O) groups excluding carboxylic acids is 1. The zero-order valence-electron chi connectivity index (χ0n) is 15.8. The Morgan fingerprint density at radius 2 is 2.15 bits per heavy atom. The smallest absolute Gasteiger partial charge is 0.220 e. The van der Waals surface area contributed by atoms with Gasteiger partial charge in [-0.1, -0.05) is 19.9 Å². The summed E-state index contributed by atoms with van der Waals surface area (Å²) in [5, 5.41) is 7.81. The van der Waals surface area contributed by atoms with Crippen molar-refractivity contribution in [2.24, 2.45) is 5.41 Å². The molecule has 1 amide bonds. The van der Waals surface area contributed by atoms with Crippen LogP contribution in [0.4, 0.5) is 0 Å². The summed E-state index contributed by atoms with van der Waals surface area (Å²) in [5.41, 5.74) is 3.38. The molecular formula is C21H27N3O2. The molecule has 0 spiro atoms. The van der Waals surface area contributed by atoms with Gasteiger partial charge in [-0.2, -0.15) is 5.10 Å². The molecule has 1 aromatic carbocycles. The largest absolute Gasteiger partial charge is 0.497 e. The first-order chi connectivity index (χ1) is 12.4. The van der Waals surface area contributed by atoms with Gasteiger partial charge < -0.3 is 10.1 Å². The summed E-state index contributed by atoms with van der Waals surface area (Å²) in [5.74, 6) is 0.887. The third kappa shape index (κ3) is 3.82. The molecule has 1 heterocycles. The lowest BCUT2D eigenvalue weighted by Gasteiger charge is -2.36. The Hall–Kier alpha value is -2.56. The molecule has 2 aromatic rings. The molecule has 3 rings (SSSR count). The van der Waals surface area contributed by atoms with Crippen LogP contribution in [0.2, 0.25) is 0 Å². The number of carbonyl (C=O) groups is 1. The van der Waals surface area contributed by atoms with Crippen molar-refractivity contribution >= 4 is 5.91 Å². The number of ether oxygens (including phenoxy) is 1. The summed E-state index contributed by atoms with van der Waals surface area (Å²) in [6, 6.07) is 7.88. The highest BCUT2D eigenvalue weighted by Gasteiger charge is 2.35. The number of hydrogen-bond donors (Lipinski definition) is 1. The third-order valence-corrected chi connectivity index (χ3v) is 4.91. The molecule has 0 fully saturated rings. The van der Waals surface area contributed by atoms with Crippen LogP contribution in [0.25, 0.3) is 5.69 Å². The summed E-state index contributed by atoms with van der Waals surface area (Å²) in [4.78, 5) is 12.2. The molecule has 0 unspecified atom stereocenters. The SMILES string of the molecule is C=CCCC(=O)N[C@H]1CC(C)(C)Cc2c1cnn2-c1ccc(OC)cc1. The molecule has 5 nitrogen and oxygen atoms in total. The topological polar surface area (TPSA) is 56.2 Å².